The highest BCUT2D eigenvalue weighted by Gasteiger charge is 2.72. The topological polar surface area (TPSA) is 389 Å². The number of phenolic OH excluding ortho intramolecular Hbond substituents is 2. The van der Waals surface area contributed by atoms with Crippen molar-refractivity contribution in [3.05, 3.63) is 186 Å². The molecule has 6 saturated carbocycles. The van der Waals surface area contributed by atoms with E-state index < -0.39 is 85.1 Å². The summed E-state index contributed by atoms with van der Waals surface area (Å²) in [5.74, 6) is 0.0757. The molecule has 2 N–H and O–H groups in total. The van der Waals surface area contributed by atoms with Gasteiger partial charge >= 0.3 is 47.8 Å². The maximum Gasteiger partial charge on any atom is 0.344 e. The van der Waals surface area contributed by atoms with Crippen molar-refractivity contribution in [1.82, 2.24) is 0 Å². The van der Waals surface area contributed by atoms with Crippen molar-refractivity contribution >= 4 is 68.0 Å². The van der Waals surface area contributed by atoms with Gasteiger partial charge in [-0.15, -0.1) is 0 Å². The molecule has 2 saturated heterocycles. The Morgan fingerprint density at radius 2 is 0.774 bits per heavy atom. The molecule has 6 aromatic carbocycles. The maximum atomic E-state index is 12.0. The summed E-state index contributed by atoms with van der Waals surface area (Å²) >= 11 is 4.10. The number of fused-ring (bicyclic) bond motifs is 2. The number of hydrogen-bond acceptors (Lipinski definition) is 25. The van der Waals surface area contributed by atoms with Crippen molar-refractivity contribution < 1.29 is 158 Å². The number of rotatable bonds is 26. The van der Waals surface area contributed by atoms with E-state index in [1.54, 1.807) is 76.2 Å². The smallest absolute Gasteiger partial charge is 0.344 e. The average molecular weight is 2290 g/mol. The molecule has 16 atom stereocenters. The Bertz CT molecular complexity index is 5150. The summed E-state index contributed by atoms with van der Waals surface area (Å²) in [6, 6.07) is 46.7. The van der Waals surface area contributed by atoms with Crippen LogP contribution in [0.1, 0.15) is 378 Å². The quantitative estimate of drug-likeness (QED) is 0.0220. The number of nitrogens with zero attached hydrogens (tertiary/aromatic N) is 1. The number of nitriles is 1. The van der Waals surface area contributed by atoms with Gasteiger partial charge in [0.05, 0.1) is 44.4 Å². The fraction of sp³-hybridized carbons (Fsp3) is 0.615. The molecule has 2 heterocycles. The van der Waals surface area contributed by atoms with Crippen molar-refractivity contribution in [3.8, 4) is 17.6 Å². The third kappa shape index (κ3) is 39.3. The van der Waals surface area contributed by atoms with Crippen LogP contribution in [0.15, 0.2) is 155 Å². The number of carbonyl (C=O) groups is 8. The third-order valence-corrected chi connectivity index (χ3v) is 33.3. The zero-order valence-electron chi connectivity index (χ0n) is 91.4. The van der Waals surface area contributed by atoms with Gasteiger partial charge in [0, 0.05) is 23.7 Å². The van der Waals surface area contributed by atoms with Crippen LogP contribution in [0.3, 0.4) is 0 Å². The van der Waals surface area contributed by atoms with Crippen molar-refractivity contribution in [2.75, 3.05) is 13.2 Å². The van der Waals surface area contributed by atoms with Crippen LogP contribution >= 0.6 is 0 Å². The van der Waals surface area contributed by atoms with Crippen LogP contribution < -0.4 is 45.2 Å². The van der Waals surface area contributed by atoms with Crippen molar-refractivity contribution in [3.63, 3.8) is 0 Å². The van der Waals surface area contributed by atoms with Crippen LogP contribution in [0.25, 0.3) is 0 Å². The van der Waals surface area contributed by atoms with E-state index in [2.05, 4.69) is 165 Å². The van der Waals surface area contributed by atoms with Gasteiger partial charge in [-0.25, -0.2) is 26.4 Å². The molecule has 16 unspecified atom stereocenters. The number of phenols is 2. The minimum Gasteiger partial charge on any atom is -0.744 e. The van der Waals surface area contributed by atoms with E-state index in [0.29, 0.717) is 60.9 Å². The summed E-state index contributed by atoms with van der Waals surface area (Å²) in [6.45, 7) is 52.4. The first kappa shape index (κ1) is 128. The van der Waals surface area contributed by atoms with Crippen LogP contribution in [-0.4, -0.2) is 133 Å². The van der Waals surface area contributed by atoms with Gasteiger partial charge in [-0.2, -0.15) is 5.26 Å². The summed E-state index contributed by atoms with van der Waals surface area (Å²) < 4.78 is 109. The number of aromatic hydroxyl groups is 2. The highest BCUT2D eigenvalue weighted by molar-refractivity contribution is 7.86. The fourth-order valence-electron chi connectivity index (χ4n) is 17.9. The SMILES string of the molecule is CC(C)(C)c1ccc([IH+])cc1.CC(C)(C)c1ccc([IH+])cc1.CCC(C)(C)C(=O)OCC(=O)OC1C2CC3C(=O)OC1C3C2.CCC(C)(C)C(=O)OCC(=O)OC1C2CC3C1OC(=O)C3(C#N)C2.CCC(C)C(=O)OC1(C)CCCCC1.CCC(C)C(=O)OC1(C)CCCCC1.CCC(C)c1ccc(O)cc1.CCC(C)c1ccc(O)cc1.CCC(C)c1ccc(S(=O)(=O)[O-])cc1.CCC(C)c1ccc(S(=O)(=O)[O-])cc1. The predicted octanol–water partition coefficient (Wildman–Crippen LogP) is 18.3. The first-order valence-corrected chi connectivity index (χ1v) is 57.5. The van der Waals surface area contributed by atoms with Crippen LogP contribution in [0, 0.1) is 76.1 Å². The van der Waals surface area contributed by atoms with Crippen molar-refractivity contribution in [2.45, 2.75) is 401 Å². The lowest BCUT2D eigenvalue weighted by Gasteiger charge is -2.34. The summed E-state index contributed by atoms with van der Waals surface area (Å²) in [6.07, 6.45) is 19.6. The third-order valence-electron chi connectivity index (χ3n) is 30.1. The second-order valence-corrected chi connectivity index (χ2v) is 49.6. The molecule has 8 fully saturated rings. The first-order valence-electron chi connectivity index (χ1n) is 52.4. The van der Waals surface area contributed by atoms with Gasteiger partial charge in [-0.05, 0) is 311 Å². The molecule has 8 aliphatic rings. The lowest BCUT2D eigenvalue weighted by Crippen LogP contribution is -3.34. The second kappa shape index (κ2) is 58.2. The van der Waals surface area contributed by atoms with E-state index in [1.165, 1.54) is 92.2 Å². The fourth-order valence-corrected chi connectivity index (χ4v) is 19.6. The Kier molecular flexibility index (Phi) is 51.0. The molecule has 0 amide bonds. The van der Waals surface area contributed by atoms with Gasteiger partial charge in [0.2, 0.25) is 0 Å². The van der Waals surface area contributed by atoms with Crippen molar-refractivity contribution in [1.29, 1.82) is 5.26 Å². The minimum atomic E-state index is -4.30. The van der Waals surface area contributed by atoms with E-state index in [9.17, 15) is 69.6 Å². The maximum absolute atomic E-state index is 12.0. The minimum absolute atomic E-state index is 0.00636. The molecule has 6 aromatic rings. The number of ether oxygens (including phenoxy) is 8. The lowest BCUT2D eigenvalue weighted by atomic mass is 9.75. The Hall–Kier alpha value is -8.55. The summed E-state index contributed by atoms with van der Waals surface area (Å²) in [4.78, 5) is 94.2. The van der Waals surface area contributed by atoms with Crippen LogP contribution in [0.5, 0.6) is 11.5 Å². The summed E-state index contributed by atoms with van der Waals surface area (Å²) in [7, 11) is -8.60. The second-order valence-electron chi connectivity index (χ2n) is 44.2. The molecule has 29 heteroatoms. The predicted molar refractivity (Wildman–Crippen MR) is 558 cm³/mol. The summed E-state index contributed by atoms with van der Waals surface area (Å²) in [5.41, 5.74) is 5.43. The monoisotopic (exact) mass is 2290 g/mol. The zero-order chi connectivity index (χ0) is 110. The molecule has 0 spiro atoms. The molecular formula is C117H169I2NO24S2. The van der Waals surface area contributed by atoms with Gasteiger partial charge in [-0.1, -0.05) is 224 Å². The van der Waals surface area contributed by atoms with Gasteiger partial charge in [-0.3, -0.25) is 28.8 Å². The molecule has 14 rings (SSSR count). The Labute approximate surface area is 899 Å². The van der Waals surface area contributed by atoms with Crippen LogP contribution in [0.4, 0.5) is 0 Å². The lowest BCUT2D eigenvalue weighted by molar-refractivity contribution is -0.328. The Balaban J connectivity index is 0.000000289. The van der Waals surface area contributed by atoms with Crippen LogP contribution in [0.2, 0.25) is 0 Å². The van der Waals surface area contributed by atoms with E-state index in [1.807, 2.05) is 111 Å². The number of hydrogen-bond donors (Lipinski definition) is 2. The number of carbonyl (C=O) groups excluding carboxylic acids is 8. The molecular weight excluding hydrogens is 2120 g/mol. The molecule has 146 heavy (non-hydrogen) atoms. The highest BCUT2D eigenvalue weighted by Crippen LogP contribution is 2.62. The van der Waals surface area contributed by atoms with E-state index in [0.717, 1.165) is 88.2 Å². The molecule has 25 nitrogen and oxygen atoms in total. The number of halogens is 2. The number of benzene rings is 6. The molecule has 4 bridgehead atoms. The molecule has 812 valence electrons. The standard InChI is InChI=1S/C17H21NO6.C16H22O6.2C12H22O2.2C10H14I.2C10H14O3S.2C10H14O/c1-4-16(2,3)14(20)22-7-11(19)23-12-9-5-10-13(12)24-15(21)17(10,6-9)8-18;1-4-16(2,3)15(19)20-7-11(17)21-12-8-5-9-10(6-8)14(18)22-13(9)12;2*1-4-10(2)11(13)14-12(3)8-6-5-7-9-12;2*1-10(2,3)8-4-6-9(11)7-5-8;2*1-3-8(2)9-4-6-10(7-5-9)14(11,12)13;2*1-3-8(2)9-4-6-10(11)7-5-9/h9-10,12-13H,4-7H2,1-3H3;8-10,12-13H,4-7H2,1-3H3;2*10H,4-9H2,1-3H3;2*4-7,11H,1-3H3;2*4-8H,3H2,1-2H3,(H,11,12,13);2*4-8,11H,3H2,1-2H3/q;;;;2*+1;;;;/p-2. The van der Waals surface area contributed by atoms with Gasteiger partial charge in [0.25, 0.3) is 45.2 Å². The summed E-state index contributed by atoms with van der Waals surface area (Å²) in [5, 5.41) is 27.4. The van der Waals surface area contributed by atoms with Crippen LogP contribution in [-0.2, 0) is 107 Å². The van der Waals surface area contributed by atoms with E-state index in [4.69, 9.17) is 48.1 Å². The Morgan fingerprint density at radius 1 is 0.452 bits per heavy atom. The normalized spacial score (nSPS) is 22.0. The molecule has 0 radical (unpaired) electrons. The van der Waals surface area contributed by atoms with E-state index in [-0.39, 0.29) is 110 Å². The first-order chi connectivity index (χ1) is 68.1. The highest BCUT2D eigenvalue weighted by atomic mass is 127. The largest absolute Gasteiger partial charge is 0.744 e. The molecule has 0 aromatic heterocycles. The van der Waals surface area contributed by atoms with Crippen molar-refractivity contribution in [2.24, 2.45) is 57.7 Å². The average Bonchev–Trinajstić information content (AvgIpc) is 1.53. The van der Waals surface area contributed by atoms with Gasteiger partial charge < -0.3 is 57.2 Å². The van der Waals surface area contributed by atoms with Gasteiger partial charge in [0.15, 0.2) is 25.8 Å². The molecule has 6 aliphatic carbocycles. The Morgan fingerprint density at radius 3 is 1.07 bits per heavy atom. The number of esters is 8. The molecule has 2 aliphatic heterocycles. The zero-order valence-corrected chi connectivity index (χ0v) is 97.7. The van der Waals surface area contributed by atoms with Gasteiger partial charge in [0.1, 0.15) is 67.4 Å². The van der Waals surface area contributed by atoms with E-state index >= 15 is 0 Å².